The van der Waals surface area contributed by atoms with Gasteiger partial charge in [-0.15, -0.1) is 0 Å². The lowest BCUT2D eigenvalue weighted by atomic mass is 9.93. The van der Waals surface area contributed by atoms with E-state index >= 15 is 0 Å². The van der Waals surface area contributed by atoms with Crippen LogP contribution in [-0.2, 0) is 6.54 Å². The van der Waals surface area contributed by atoms with Gasteiger partial charge in [-0.05, 0) is 48.7 Å². The van der Waals surface area contributed by atoms with Gasteiger partial charge < -0.3 is 0 Å². The molecule has 0 unspecified atom stereocenters. The van der Waals surface area contributed by atoms with Crippen molar-refractivity contribution in [1.29, 1.82) is 0 Å². The zero-order valence-corrected chi connectivity index (χ0v) is 16.5. The lowest BCUT2D eigenvalue weighted by molar-refractivity contribution is 0.112. The molecule has 0 N–H and O–H groups in total. The summed E-state index contributed by atoms with van der Waals surface area (Å²) in [7, 11) is 0. The van der Waals surface area contributed by atoms with E-state index in [-0.39, 0.29) is 0 Å². The summed E-state index contributed by atoms with van der Waals surface area (Å²) in [5, 5.41) is 6.52. The molecule has 0 radical (unpaired) electrons. The number of aryl methyl sites for hydroxylation is 1. The molecule has 146 valence electrons. The molecule has 0 aliphatic carbocycles. The van der Waals surface area contributed by atoms with Gasteiger partial charge in [0.25, 0.3) is 5.78 Å². The fraction of sp³-hybridized carbons (Fsp3) is 0.304. The highest BCUT2D eigenvalue weighted by atomic mass is 16.1. The maximum Gasteiger partial charge on any atom is 0.252 e. The maximum absolute atomic E-state index is 11.9. The first kappa shape index (κ1) is 17.9. The number of hydrogen-bond donors (Lipinski definition) is 0. The third-order valence-corrected chi connectivity index (χ3v) is 5.90. The molecular formula is C23H23N5O. The molecule has 5 rings (SSSR count). The number of benzene rings is 2. The van der Waals surface area contributed by atoms with Crippen molar-refractivity contribution >= 4 is 22.8 Å². The molecule has 2 aromatic carbocycles. The average molecular weight is 385 g/mol. The number of likely N-dealkylation sites (tertiary alicyclic amines) is 1. The Morgan fingerprint density at radius 3 is 3.00 bits per heavy atom. The Balaban J connectivity index is 1.44. The minimum atomic E-state index is 0.370. The SMILES string of the molecule is Cc1cc([C@@H]2CCCN(Cc3ccc4ccccc4c3C=O)C2)n2ncnc2n1. The molecule has 29 heavy (non-hydrogen) atoms. The van der Waals surface area contributed by atoms with Gasteiger partial charge in [0.05, 0.1) is 5.69 Å². The second-order valence-electron chi connectivity index (χ2n) is 7.85. The second-order valence-corrected chi connectivity index (χ2v) is 7.85. The molecule has 6 heteroatoms. The van der Waals surface area contributed by atoms with Crippen LogP contribution in [0.25, 0.3) is 16.6 Å². The molecule has 0 spiro atoms. The Kier molecular flexibility index (Phi) is 4.56. The van der Waals surface area contributed by atoms with E-state index in [4.69, 9.17) is 0 Å². The Labute approximate surface area is 169 Å². The summed E-state index contributed by atoms with van der Waals surface area (Å²) in [4.78, 5) is 23.1. The van der Waals surface area contributed by atoms with Crippen LogP contribution in [0.1, 0.15) is 46.1 Å². The first-order valence-corrected chi connectivity index (χ1v) is 10.1. The van der Waals surface area contributed by atoms with Gasteiger partial charge in [0.15, 0.2) is 6.29 Å². The van der Waals surface area contributed by atoms with Crippen LogP contribution in [-0.4, -0.2) is 43.9 Å². The largest absolute Gasteiger partial charge is 0.298 e. The van der Waals surface area contributed by atoms with Crippen LogP contribution in [0.4, 0.5) is 0 Å². The Morgan fingerprint density at radius 1 is 1.21 bits per heavy atom. The third-order valence-electron chi connectivity index (χ3n) is 5.90. The summed E-state index contributed by atoms with van der Waals surface area (Å²) in [5.41, 5.74) is 4.04. The van der Waals surface area contributed by atoms with E-state index in [0.29, 0.717) is 11.7 Å². The van der Waals surface area contributed by atoms with E-state index < -0.39 is 0 Å². The van der Waals surface area contributed by atoms with Gasteiger partial charge in [0.2, 0.25) is 0 Å². The predicted octanol–water partition coefficient (Wildman–Crippen LogP) is 3.78. The molecule has 0 amide bonds. The molecule has 1 atom stereocenters. The number of aldehydes is 1. The van der Waals surface area contributed by atoms with Crippen LogP contribution in [0, 0.1) is 6.92 Å². The van der Waals surface area contributed by atoms with Crippen LogP contribution in [0.2, 0.25) is 0 Å². The van der Waals surface area contributed by atoms with Gasteiger partial charge in [-0.25, -0.2) is 9.50 Å². The average Bonchev–Trinajstić information content (AvgIpc) is 3.21. The van der Waals surface area contributed by atoms with Crippen LogP contribution >= 0.6 is 0 Å². The van der Waals surface area contributed by atoms with E-state index in [0.717, 1.165) is 66.4 Å². The van der Waals surface area contributed by atoms with Gasteiger partial charge in [0.1, 0.15) is 6.33 Å². The molecule has 1 saturated heterocycles. The quantitative estimate of drug-likeness (QED) is 0.500. The normalized spacial score (nSPS) is 17.8. The second kappa shape index (κ2) is 7.37. The zero-order valence-electron chi connectivity index (χ0n) is 16.5. The number of carbonyl (C=O) groups excluding carboxylic acids is 1. The standard InChI is InChI=1S/C23H23N5O/c1-16-11-22(28-23(26-16)24-15-25-28)19-6-4-10-27(13-19)12-18-9-8-17-5-2-3-7-20(17)21(18)14-29/h2-3,5,7-9,11,14-15,19H,4,6,10,12-13H2,1H3/t19-/m1/s1. The molecule has 0 saturated carbocycles. The highest BCUT2D eigenvalue weighted by Gasteiger charge is 2.25. The van der Waals surface area contributed by atoms with Crippen molar-refractivity contribution in [3.8, 4) is 0 Å². The Bertz CT molecular complexity index is 1200. The molecule has 1 aliphatic rings. The minimum Gasteiger partial charge on any atom is -0.298 e. The van der Waals surface area contributed by atoms with Gasteiger partial charge in [-0.1, -0.05) is 36.4 Å². The number of hydrogen-bond acceptors (Lipinski definition) is 5. The number of rotatable bonds is 4. The topological polar surface area (TPSA) is 63.4 Å². The molecule has 0 bridgehead atoms. The molecule has 1 aliphatic heterocycles. The summed E-state index contributed by atoms with van der Waals surface area (Å²) in [5.74, 6) is 1.03. The maximum atomic E-state index is 11.9. The van der Waals surface area contributed by atoms with Gasteiger partial charge in [-0.3, -0.25) is 9.69 Å². The summed E-state index contributed by atoms with van der Waals surface area (Å²) >= 11 is 0. The summed E-state index contributed by atoms with van der Waals surface area (Å²) in [6.07, 6.45) is 4.81. The number of piperidine rings is 1. The van der Waals surface area contributed by atoms with Crippen molar-refractivity contribution in [2.75, 3.05) is 13.1 Å². The highest BCUT2D eigenvalue weighted by Crippen LogP contribution is 2.29. The third kappa shape index (κ3) is 3.29. The zero-order chi connectivity index (χ0) is 19.8. The van der Waals surface area contributed by atoms with Crippen molar-refractivity contribution in [2.45, 2.75) is 32.2 Å². The summed E-state index contributed by atoms with van der Waals surface area (Å²) < 4.78 is 1.87. The van der Waals surface area contributed by atoms with Crippen LogP contribution in [0.3, 0.4) is 0 Å². The van der Waals surface area contributed by atoms with Crippen LogP contribution in [0.15, 0.2) is 48.8 Å². The fourth-order valence-corrected chi connectivity index (χ4v) is 4.55. The van der Waals surface area contributed by atoms with Gasteiger partial charge >= 0.3 is 0 Å². The van der Waals surface area contributed by atoms with E-state index in [1.54, 1.807) is 6.33 Å². The Hall–Kier alpha value is -3.12. The molecule has 2 aromatic heterocycles. The van der Waals surface area contributed by atoms with Gasteiger partial charge in [0, 0.05) is 30.3 Å². The smallest absolute Gasteiger partial charge is 0.252 e. The van der Waals surface area contributed by atoms with Gasteiger partial charge in [-0.2, -0.15) is 10.1 Å². The van der Waals surface area contributed by atoms with Crippen molar-refractivity contribution < 1.29 is 4.79 Å². The Morgan fingerprint density at radius 2 is 2.10 bits per heavy atom. The summed E-state index contributed by atoms with van der Waals surface area (Å²) in [6.45, 7) is 4.75. The summed E-state index contributed by atoms with van der Waals surface area (Å²) in [6, 6.07) is 14.4. The van der Waals surface area contributed by atoms with Crippen molar-refractivity contribution in [1.82, 2.24) is 24.5 Å². The number of aromatic nitrogens is 4. The van der Waals surface area contributed by atoms with E-state index in [1.165, 1.54) is 5.69 Å². The first-order valence-electron chi connectivity index (χ1n) is 10.1. The minimum absolute atomic E-state index is 0.370. The molecule has 4 aromatic rings. The number of nitrogens with zero attached hydrogens (tertiary/aromatic N) is 5. The van der Waals surface area contributed by atoms with E-state index in [2.05, 4.69) is 44.2 Å². The monoisotopic (exact) mass is 385 g/mol. The lowest BCUT2D eigenvalue weighted by Gasteiger charge is -2.33. The molecule has 1 fully saturated rings. The number of fused-ring (bicyclic) bond motifs is 2. The predicted molar refractivity (Wildman–Crippen MR) is 112 cm³/mol. The lowest BCUT2D eigenvalue weighted by Crippen LogP contribution is -2.35. The van der Waals surface area contributed by atoms with Crippen molar-refractivity contribution in [2.24, 2.45) is 0 Å². The van der Waals surface area contributed by atoms with Crippen molar-refractivity contribution in [3.05, 3.63) is 71.3 Å². The van der Waals surface area contributed by atoms with E-state index in [1.807, 2.05) is 29.6 Å². The molecule has 6 nitrogen and oxygen atoms in total. The fourth-order valence-electron chi connectivity index (χ4n) is 4.55. The molecular weight excluding hydrogens is 362 g/mol. The first-order chi connectivity index (χ1) is 14.2. The van der Waals surface area contributed by atoms with Crippen LogP contribution in [0.5, 0.6) is 0 Å². The highest BCUT2D eigenvalue weighted by molar-refractivity contribution is 5.99. The molecule has 3 heterocycles. The van der Waals surface area contributed by atoms with Crippen LogP contribution < -0.4 is 0 Å². The van der Waals surface area contributed by atoms with E-state index in [9.17, 15) is 4.79 Å². The van der Waals surface area contributed by atoms with Crippen molar-refractivity contribution in [3.63, 3.8) is 0 Å². The number of carbonyl (C=O) groups is 1.